The number of nitrogens with zero attached hydrogens (tertiary/aromatic N) is 3. The van der Waals surface area contributed by atoms with Gasteiger partial charge in [0.2, 0.25) is 0 Å². The van der Waals surface area contributed by atoms with Gasteiger partial charge in [0.1, 0.15) is 0 Å². The van der Waals surface area contributed by atoms with Crippen molar-refractivity contribution in [1.29, 1.82) is 0 Å². The fourth-order valence-electron chi connectivity index (χ4n) is 1.68. The van der Waals surface area contributed by atoms with Crippen LogP contribution in [-0.2, 0) is 0 Å². The highest BCUT2D eigenvalue weighted by Crippen LogP contribution is 1.99. The second kappa shape index (κ2) is 20.2. The minimum absolute atomic E-state index is 1.21. The van der Waals surface area contributed by atoms with Crippen LogP contribution in [0, 0.1) is 0 Å². The summed E-state index contributed by atoms with van der Waals surface area (Å²) in [6, 6.07) is 0. The van der Waals surface area contributed by atoms with Crippen molar-refractivity contribution < 1.29 is 0 Å². The maximum Gasteiger partial charge on any atom is 0.0110 e. The Morgan fingerprint density at radius 3 is 1.58 bits per heavy atom. The summed E-state index contributed by atoms with van der Waals surface area (Å²) in [5, 5.41) is 0. The molecule has 0 unspecified atom stereocenters. The van der Waals surface area contributed by atoms with E-state index >= 15 is 0 Å². The minimum atomic E-state index is 1.21. The quantitative estimate of drug-likeness (QED) is 0.780. The van der Waals surface area contributed by atoms with Crippen LogP contribution in [0.3, 0.4) is 0 Å². The van der Waals surface area contributed by atoms with E-state index < -0.39 is 0 Å². The first-order chi connectivity index (χ1) is 9.18. The van der Waals surface area contributed by atoms with Crippen LogP contribution < -0.4 is 0 Å². The Labute approximate surface area is 124 Å². The van der Waals surface area contributed by atoms with Crippen molar-refractivity contribution in [3.63, 3.8) is 0 Å². The lowest BCUT2D eigenvalue weighted by Gasteiger charge is -2.32. The Hall–Kier alpha value is -0.120. The molecule has 0 aliphatic carbocycles. The van der Waals surface area contributed by atoms with Crippen LogP contribution in [0.5, 0.6) is 0 Å². The summed E-state index contributed by atoms with van der Waals surface area (Å²) < 4.78 is 0. The van der Waals surface area contributed by atoms with Crippen LogP contribution in [0.15, 0.2) is 0 Å². The van der Waals surface area contributed by atoms with E-state index in [4.69, 9.17) is 0 Å². The van der Waals surface area contributed by atoms with Gasteiger partial charge in [-0.2, -0.15) is 0 Å². The van der Waals surface area contributed by atoms with Gasteiger partial charge in [-0.15, -0.1) is 0 Å². The van der Waals surface area contributed by atoms with Gasteiger partial charge in [0, 0.05) is 26.2 Å². The van der Waals surface area contributed by atoms with E-state index in [9.17, 15) is 0 Å². The van der Waals surface area contributed by atoms with Gasteiger partial charge in [0.05, 0.1) is 0 Å². The molecule has 1 rings (SSSR count). The molecule has 0 amide bonds. The molecule has 0 saturated carbocycles. The molecule has 1 aliphatic heterocycles. The molecule has 0 aromatic rings. The highest BCUT2D eigenvalue weighted by atomic mass is 15.2. The summed E-state index contributed by atoms with van der Waals surface area (Å²) in [4.78, 5) is 7.24. The number of hydrogen-bond acceptors (Lipinski definition) is 3. The Morgan fingerprint density at radius 1 is 0.789 bits per heavy atom. The standard InChI is InChI=1S/C10H23N3.3C2H6/c1-11(2)5-4-6-13-9-7-12(3)8-10-13;3*1-2/h4-10H2,1-3H3;3*1-2H3. The van der Waals surface area contributed by atoms with E-state index in [2.05, 4.69) is 35.8 Å². The van der Waals surface area contributed by atoms with E-state index in [1.165, 1.54) is 45.7 Å². The fourth-order valence-corrected chi connectivity index (χ4v) is 1.68. The molecule has 1 fully saturated rings. The molecule has 0 radical (unpaired) electrons. The van der Waals surface area contributed by atoms with E-state index in [0.717, 1.165) is 0 Å². The van der Waals surface area contributed by atoms with Gasteiger partial charge < -0.3 is 14.7 Å². The normalized spacial score (nSPS) is 15.5. The predicted octanol–water partition coefficient (Wildman–Crippen LogP) is 3.26. The van der Waals surface area contributed by atoms with Crippen molar-refractivity contribution >= 4 is 0 Å². The summed E-state index contributed by atoms with van der Waals surface area (Å²) in [5.41, 5.74) is 0. The zero-order chi connectivity index (χ0) is 15.7. The third-order valence-electron chi connectivity index (χ3n) is 2.68. The predicted molar refractivity (Wildman–Crippen MR) is 91.2 cm³/mol. The van der Waals surface area contributed by atoms with Crippen molar-refractivity contribution in [1.82, 2.24) is 14.7 Å². The Kier molecular flexibility index (Phi) is 25.5. The first-order valence-corrected chi connectivity index (χ1v) is 8.24. The molecule has 0 aromatic heterocycles. The Morgan fingerprint density at radius 2 is 1.21 bits per heavy atom. The topological polar surface area (TPSA) is 9.72 Å². The van der Waals surface area contributed by atoms with Crippen molar-refractivity contribution in [2.45, 2.75) is 48.0 Å². The molecular formula is C16H41N3. The molecule has 1 aliphatic rings. The third kappa shape index (κ3) is 17.9. The molecule has 1 saturated heterocycles. The number of rotatable bonds is 4. The largest absolute Gasteiger partial charge is 0.309 e. The molecule has 0 atom stereocenters. The molecule has 19 heavy (non-hydrogen) atoms. The lowest BCUT2D eigenvalue weighted by molar-refractivity contribution is 0.149. The third-order valence-corrected chi connectivity index (χ3v) is 2.68. The van der Waals surface area contributed by atoms with E-state index in [0.29, 0.717) is 0 Å². The van der Waals surface area contributed by atoms with Crippen molar-refractivity contribution in [3.05, 3.63) is 0 Å². The van der Waals surface area contributed by atoms with Crippen LogP contribution in [0.1, 0.15) is 48.0 Å². The van der Waals surface area contributed by atoms with E-state index in [1.54, 1.807) is 0 Å². The zero-order valence-electron chi connectivity index (χ0n) is 15.3. The van der Waals surface area contributed by atoms with E-state index in [1.807, 2.05) is 41.5 Å². The van der Waals surface area contributed by atoms with Crippen LogP contribution >= 0.6 is 0 Å². The monoisotopic (exact) mass is 275 g/mol. The molecule has 0 N–H and O–H groups in total. The van der Waals surface area contributed by atoms with Gasteiger partial charge >= 0.3 is 0 Å². The van der Waals surface area contributed by atoms with Crippen LogP contribution in [0.4, 0.5) is 0 Å². The van der Waals surface area contributed by atoms with Crippen molar-refractivity contribution in [2.24, 2.45) is 0 Å². The smallest absolute Gasteiger partial charge is 0.0110 e. The maximum absolute atomic E-state index is 2.57. The van der Waals surface area contributed by atoms with Gasteiger partial charge in [-0.3, -0.25) is 0 Å². The summed E-state index contributed by atoms with van der Waals surface area (Å²) in [7, 11) is 6.49. The van der Waals surface area contributed by atoms with Gasteiger partial charge in [-0.1, -0.05) is 41.5 Å². The zero-order valence-corrected chi connectivity index (χ0v) is 15.3. The minimum Gasteiger partial charge on any atom is -0.309 e. The molecule has 3 heteroatoms. The highest BCUT2D eigenvalue weighted by molar-refractivity contribution is 4.69. The molecular weight excluding hydrogens is 234 g/mol. The first kappa shape index (κ1) is 23.9. The van der Waals surface area contributed by atoms with Gasteiger partial charge in [0.15, 0.2) is 0 Å². The summed E-state index contributed by atoms with van der Waals surface area (Å²) in [5.74, 6) is 0. The van der Waals surface area contributed by atoms with Crippen molar-refractivity contribution in [2.75, 3.05) is 60.4 Å². The average Bonchev–Trinajstić information content (AvgIpc) is 2.47. The lowest BCUT2D eigenvalue weighted by atomic mass is 10.3. The molecule has 1 heterocycles. The number of hydrogen-bond donors (Lipinski definition) is 0. The maximum atomic E-state index is 2.57. The van der Waals surface area contributed by atoms with Gasteiger partial charge in [-0.05, 0) is 40.7 Å². The lowest BCUT2D eigenvalue weighted by Crippen LogP contribution is -2.45. The molecule has 0 spiro atoms. The van der Waals surface area contributed by atoms with Crippen LogP contribution in [0.2, 0.25) is 0 Å². The fraction of sp³-hybridized carbons (Fsp3) is 1.00. The first-order valence-electron chi connectivity index (χ1n) is 8.24. The van der Waals surface area contributed by atoms with Crippen LogP contribution in [0.25, 0.3) is 0 Å². The Bertz CT molecular complexity index is 130. The SMILES string of the molecule is CC.CC.CC.CN(C)CCCN1CCN(C)CC1. The average molecular weight is 276 g/mol. The summed E-state index contributed by atoms with van der Waals surface area (Å²) >= 11 is 0. The number of piperazine rings is 1. The highest BCUT2D eigenvalue weighted by Gasteiger charge is 2.12. The van der Waals surface area contributed by atoms with E-state index in [-0.39, 0.29) is 0 Å². The van der Waals surface area contributed by atoms with Gasteiger partial charge in [-0.25, -0.2) is 0 Å². The molecule has 120 valence electrons. The number of likely N-dealkylation sites (N-methyl/N-ethyl adjacent to an activating group) is 1. The Balaban J connectivity index is -0.000000375. The molecule has 3 nitrogen and oxygen atoms in total. The molecule has 0 bridgehead atoms. The summed E-state index contributed by atoms with van der Waals surface area (Å²) in [6.45, 7) is 19.5. The second-order valence-corrected chi connectivity index (χ2v) is 4.30. The van der Waals surface area contributed by atoms with Crippen molar-refractivity contribution in [3.8, 4) is 0 Å². The molecule has 0 aromatic carbocycles. The summed E-state index contributed by atoms with van der Waals surface area (Å²) in [6.07, 6.45) is 1.30. The second-order valence-electron chi connectivity index (χ2n) is 4.30. The van der Waals surface area contributed by atoms with Gasteiger partial charge in [0.25, 0.3) is 0 Å². The van der Waals surface area contributed by atoms with Crippen LogP contribution in [-0.4, -0.2) is 75.1 Å².